The van der Waals surface area contributed by atoms with Crippen molar-refractivity contribution in [3.05, 3.63) is 0 Å². The van der Waals surface area contributed by atoms with Gasteiger partial charge in [0.05, 0.1) is 0 Å². The molecule has 0 bridgehead atoms. The molecule has 0 spiro atoms. The lowest BCUT2D eigenvalue weighted by Crippen LogP contribution is -2.36. The second-order valence-corrected chi connectivity index (χ2v) is 4.50. The Bertz CT molecular complexity index is 129. The van der Waals surface area contributed by atoms with Gasteiger partial charge in [0.2, 0.25) is 0 Å². The predicted octanol–water partition coefficient (Wildman–Crippen LogP) is 2.16. The van der Waals surface area contributed by atoms with Gasteiger partial charge in [-0.25, -0.2) is 0 Å². The Morgan fingerprint density at radius 1 is 1.20 bits per heavy atom. The molecule has 0 amide bonds. The summed E-state index contributed by atoms with van der Waals surface area (Å²) in [6.07, 6.45) is 4.03. The molecule has 0 aromatic rings. The average molecular weight is 141 g/mol. The molecule has 1 unspecified atom stereocenters. The first kappa shape index (κ1) is 8.06. The van der Waals surface area contributed by atoms with E-state index >= 15 is 0 Å². The highest BCUT2D eigenvalue weighted by Crippen LogP contribution is 2.51. The Hall–Kier alpha value is -0.0400. The highest BCUT2D eigenvalue weighted by Gasteiger charge is 2.43. The summed E-state index contributed by atoms with van der Waals surface area (Å²) in [4.78, 5) is 0. The first-order chi connectivity index (χ1) is 4.52. The molecule has 0 heterocycles. The Balaban J connectivity index is 2.76. The molecule has 0 aromatic heterocycles. The topological polar surface area (TPSA) is 26.0 Å². The standard InChI is InChI=1S/C9H19N/c1-8(2)5-4-6-9(8,3)7-10/h4-7,10H2,1-3H3. The Labute approximate surface area is 64.0 Å². The minimum absolute atomic E-state index is 0.410. The molecule has 1 aliphatic carbocycles. The van der Waals surface area contributed by atoms with Gasteiger partial charge in [0.25, 0.3) is 0 Å². The maximum absolute atomic E-state index is 5.74. The third-order valence-electron chi connectivity index (χ3n) is 3.61. The number of rotatable bonds is 1. The SMILES string of the molecule is CC1(C)CCCC1(C)CN. The molecule has 1 heteroatoms. The molecule has 0 radical (unpaired) electrons. The van der Waals surface area contributed by atoms with Crippen molar-refractivity contribution in [2.45, 2.75) is 40.0 Å². The number of hydrogen-bond donors (Lipinski definition) is 1. The monoisotopic (exact) mass is 141 g/mol. The third kappa shape index (κ3) is 0.968. The van der Waals surface area contributed by atoms with Crippen molar-refractivity contribution in [2.24, 2.45) is 16.6 Å². The Kier molecular flexibility index (Phi) is 1.80. The van der Waals surface area contributed by atoms with E-state index in [1.807, 2.05) is 0 Å². The van der Waals surface area contributed by atoms with E-state index in [9.17, 15) is 0 Å². The van der Waals surface area contributed by atoms with Crippen LogP contribution < -0.4 is 5.73 Å². The van der Waals surface area contributed by atoms with Crippen LogP contribution in [-0.4, -0.2) is 6.54 Å². The van der Waals surface area contributed by atoms with Crippen LogP contribution >= 0.6 is 0 Å². The quantitative estimate of drug-likeness (QED) is 0.595. The van der Waals surface area contributed by atoms with E-state index in [1.54, 1.807) is 0 Å². The molecule has 10 heavy (non-hydrogen) atoms. The van der Waals surface area contributed by atoms with Gasteiger partial charge < -0.3 is 5.73 Å². The van der Waals surface area contributed by atoms with Crippen molar-refractivity contribution < 1.29 is 0 Å². The van der Waals surface area contributed by atoms with Gasteiger partial charge in [-0.1, -0.05) is 27.2 Å². The maximum Gasteiger partial charge on any atom is -0.00181 e. The lowest BCUT2D eigenvalue weighted by Gasteiger charge is -2.37. The zero-order valence-electron chi connectivity index (χ0n) is 7.41. The molecule has 1 nitrogen and oxygen atoms in total. The zero-order valence-corrected chi connectivity index (χ0v) is 7.41. The average Bonchev–Trinajstić information content (AvgIpc) is 2.10. The van der Waals surface area contributed by atoms with E-state index < -0.39 is 0 Å². The molecular weight excluding hydrogens is 122 g/mol. The van der Waals surface area contributed by atoms with Crippen LogP contribution in [0.4, 0.5) is 0 Å². The van der Waals surface area contributed by atoms with Crippen molar-refractivity contribution in [1.29, 1.82) is 0 Å². The largest absolute Gasteiger partial charge is 0.330 e. The fraction of sp³-hybridized carbons (Fsp3) is 1.00. The van der Waals surface area contributed by atoms with Gasteiger partial charge in [-0.2, -0.15) is 0 Å². The van der Waals surface area contributed by atoms with Crippen molar-refractivity contribution >= 4 is 0 Å². The molecule has 0 aromatic carbocycles. The molecule has 1 rings (SSSR count). The van der Waals surface area contributed by atoms with E-state index in [-0.39, 0.29) is 0 Å². The molecule has 0 aliphatic heterocycles. The van der Waals surface area contributed by atoms with Gasteiger partial charge in [-0.3, -0.25) is 0 Å². The molecule has 1 fully saturated rings. The van der Waals surface area contributed by atoms with E-state index in [0.29, 0.717) is 10.8 Å². The van der Waals surface area contributed by atoms with Crippen molar-refractivity contribution in [3.8, 4) is 0 Å². The molecule has 1 atom stereocenters. The highest BCUT2D eigenvalue weighted by molar-refractivity contribution is 4.95. The zero-order chi connectivity index (χ0) is 7.83. The summed E-state index contributed by atoms with van der Waals surface area (Å²) in [6.45, 7) is 7.85. The lowest BCUT2D eigenvalue weighted by atomic mass is 9.69. The highest BCUT2D eigenvalue weighted by atomic mass is 14.6. The smallest absolute Gasteiger partial charge is 0.00181 e. The first-order valence-electron chi connectivity index (χ1n) is 4.22. The molecule has 0 saturated heterocycles. The van der Waals surface area contributed by atoms with Crippen LogP contribution in [0, 0.1) is 10.8 Å². The summed E-state index contributed by atoms with van der Waals surface area (Å²) < 4.78 is 0. The minimum Gasteiger partial charge on any atom is -0.330 e. The molecular formula is C9H19N. The normalized spacial score (nSPS) is 38.4. The Morgan fingerprint density at radius 2 is 1.80 bits per heavy atom. The molecule has 2 N–H and O–H groups in total. The summed E-state index contributed by atoms with van der Waals surface area (Å²) in [5, 5.41) is 0. The van der Waals surface area contributed by atoms with Crippen LogP contribution in [0.2, 0.25) is 0 Å². The molecule has 60 valence electrons. The van der Waals surface area contributed by atoms with Gasteiger partial charge in [-0.15, -0.1) is 0 Å². The first-order valence-corrected chi connectivity index (χ1v) is 4.22. The summed E-state index contributed by atoms with van der Waals surface area (Å²) in [5.41, 5.74) is 6.63. The fourth-order valence-corrected chi connectivity index (χ4v) is 1.94. The second kappa shape index (κ2) is 2.23. The summed E-state index contributed by atoms with van der Waals surface area (Å²) >= 11 is 0. The molecule has 1 saturated carbocycles. The van der Waals surface area contributed by atoms with E-state index in [2.05, 4.69) is 20.8 Å². The van der Waals surface area contributed by atoms with Gasteiger partial charge in [0, 0.05) is 0 Å². The van der Waals surface area contributed by atoms with Crippen molar-refractivity contribution in [2.75, 3.05) is 6.54 Å². The van der Waals surface area contributed by atoms with Gasteiger partial charge in [0.1, 0.15) is 0 Å². The fourth-order valence-electron chi connectivity index (χ4n) is 1.94. The summed E-state index contributed by atoms with van der Waals surface area (Å²) in [5.74, 6) is 0. The van der Waals surface area contributed by atoms with Crippen LogP contribution in [0.15, 0.2) is 0 Å². The van der Waals surface area contributed by atoms with Gasteiger partial charge in [0.15, 0.2) is 0 Å². The number of nitrogens with two attached hydrogens (primary N) is 1. The second-order valence-electron chi connectivity index (χ2n) is 4.50. The predicted molar refractivity (Wildman–Crippen MR) is 44.8 cm³/mol. The van der Waals surface area contributed by atoms with Crippen LogP contribution in [0.5, 0.6) is 0 Å². The van der Waals surface area contributed by atoms with E-state index in [0.717, 1.165) is 6.54 Å². The Morgan fingerprint density at radius 3 is 2.00 bits per heavy atom. The summed E-state index contributed by atoms with van der Waals surface area (Å²) in [7, 11) is 0. The van der Waals surface area contributed by atoms with E-state index in [1.165, 1.54) is 19.3 Å². The van der Waals surface area contributed by atoms with Gasteiger partial charge >= 0.3 is 0 Å². The third-order valence-corrected chi connectivity index (χ3v) is 3.61. The summed E-state index contributed by atoms with van der Waals surface area (Å²) in [6, 6.07) is 0. The van der Waals surface area contributed by atoms with Crippen LogP contribution in [0.3, 0.4) is 0 Å². The van der Waals surface area contributed by atoms with Gasteiger partial charge in [-0.05, 0) is 30.2 Å². The number of hydrogen-bond acceptors (Lipinski definition) is 1. The van der Waals surface area contributed by atoms with Crippen molar-refractivity contribution in [1.82, 2.24) is 0 Å². The van der Waals surface area contributed by atoms with E-state index in [4.69, 9.17) is 5.73 Å². The van der Waals surface area contributed by atoms with Crippen LogP contribution in [0.25, 0.3) is 0 Å². The van der Waals surface area contributed by atoms with Crippen molar-refractivity contribution in [3.63, 3.8) is 0 Å². The van der Waals surface area contributed by atoms with Crippen LogP contribution in [-0.2, 0) is 0 Å². The molecule has 1 aliphatic rings. The lowest BCUT2D eigenvalue weighted by molar-refractivity contribution is 0.142. The maximum atomic E-state index is 5.74. The van der Waals surface area contributed by atoms with Crippen LogP contribution in [0.1, 0.15) is 40.0 Å². The minimum atomic E-state index is 0.410.